The Bertz CT molecular complexity index is 419. The van der Waals surface area contributed by atoms with E-state index >= 15 is 0 Å². The lowest BCUT2D eigenvalue weighted by molar-refractivity contribution is -0.0617. The third-order valence-electron chi connectivity index (χ3n) is 3.45. The van der Waals surface area contributed by atoms with E-state index in [0.29, 0.717) is 50.5 Å². The van der Waals surface area contributed by atoms with Crippen LogP contribution in [-0.2, 0) is 11.3 Å². The zero-order valence-corrected chi connectivity index (χ0v) is 11.1. The van der Waals surface area contributed by atoms with Gasteiger partial charge in [-0.1, -0.05) is 6.07 Å². The molecule has 1 aromatic carbocycles. The van der Waals surface area contributed by atoms with E-state index in [1.807, 2.05) is 0 Å². The second-order valence-electron chi connectivity index (χ2n) is 4.90. The number of hydrogen-bond donors (Lipinski definition) is 2. The van der Waals surface area contributed by atoms with Crippen molar-refractivity contribution in [2.75, 3.05) is 26.9 Å². The van der Waals surface area contributed by atoms with Crippen molar-refractivity contribution in [3.05, 3.63) is 29.6 Å². The van der Waals surface area contributed by atoms with Crippen molar-refractivity contribution in [1.82, 2.24) is 5.32 Å². The van der Waals surface area contributed by atoms with Gasteiger partial charge in [-0.2, -0.15) is 0 Å². The molecule has 1 fully saturated rings. The molecule has 19 heavy (non-hydrogen) atoms. The van der Waals surface area contributed by atoms with Crippen LogP contribution >= 0.6 is 0 Å². The van der Waals surface area contributed by atoms with E-state index in [1.165, 1.54) is 13.2 Å². The van der Waals surface area contributed by atoms with Crippen molar-refractivity contribution in [2.24, 2.45) is 0 Å². The molecule has 0 atom stereocenters. The molecule has 4 nitrogen and oxygen atoms in total. The van der Waals surface area contributed by atoms with E-state index in [-0.39, 0.29) is 5.82 Å². The lowest BCUT2D eigenvalue weighted by Gasteiger charge is -2.32. The van der Waals surface area contributed by atoms with Crippen LogP contribution in [0.2, 0.25) is 0 Å². The number of methoxy groups -OCH3 is 1. The van der Waals surface area contributed by atoms with Gasteiger partial charge >= 0.3 is 0 Å². The number of aliphatic hydroxyl groups is 1. The Morgan fingerprint density at radius 1 is 1.42 bits per heavy atom. The normalized spacial score (nSPS) is 18.3. The van der Waals surface area contributed by atoms with Crippen molar-refractivity contribution in [2.45, 2.75) is 25.0 Å². The highest BCUT2D eigenvalue weighted by atomic mass is 19.1. The third kappa shape index (κ3) is 3.89. The molecule has 0 bridgehead atoms. The minimum absolute atomic E-state index is 0.300. The minimum Gasteiger partial charge on any atom is -0.497 e. The summed E-state index contributed by atoms with van der Waals surface area (Å²) in [5.41, 5.74) is -0.169. The van der Waals surface area contributed by atoms with Gasteiger partial charge in [-0.05, 0) is 6.07 Å². The van der Waals surface area contributed by atoms with Crippen molar-refractivity contribution in [1.29, 1.82) is 0 Å². The highest BCUT2D eigenvalue weighted by molar-refractivity contribution is 5.28. The SMILES string of the molecule is COc1ccc(CNCC2(O)CCOCC2)c(F)c1. The number of halogens is 1. The Kier molecular flexibility index (Phi) is 4.74. The Morgan fingerprint density at radius 2 is 2.16 bits per heavy atom. The number of hydrogen-bond acceptors (Lipinski definition) is 4. The molecule has 0 spiro atoms. The van der Waals surface area contributed by atoms with Crippen molar-refractivity contribution in [3.8, 4) is 5.75 Å². The highest BCUT2D eigenvalue weighted by Crippen LogP contribution is 2.20. The maximum atomic E-state index is 13.7. The second kappa shape index (κ2) is 6.32. The van der Waals surface area contributed by atoms with Gasteiger partial charge in [0.1, 0.15) is 11.6 Å². The molecule has 0 aliphatic carbocycles. The predicted octanol–water partition coefficient (Wildman–Crippen LogP) is 1.47. The fourth-order valence-corrected chi connectivity index (χ4v) is 2.16. The zero-order chi connectivity index (χ0) is 13.7. The summed E-state index contributed by atoms with van der Waals surface area (Å²) >= 11 is 0. The van der Waals surface area contributed by atoms with Crippen molar-refractivity contribution in [3.63, 3.8) is 0 Å². The van der Waals surface area contributed by atoms with Gasteiger partial charge in [0.15, 0.2) is 0 Å². The van der Waals surface area contributed by atoms with E-state index in [1.54, 1.807) is 12.1 Å². The van der Waals surface area contributed by atoms with Crippen LogP contribution in [0.4, 0.5) is 4.39 Å². The van der Waals surface area contributed by atoms with Gasteiger partial charge in [-0.25, -0.2) is 4.39 Å². The molecule has 2 N–H and O–H groups in total. The van der Waals surface area contributed by atoms with Crippen LogP contribution in [0.5, 0.6) is 5.75 Å². The molecule has 0 amide bonds. The van der Waals surface area contributed by atoms with E-state index in [9.17, 15) is 9.50 Å². The van der Waals surface area contributed by atoms with E-state index in [2.05, 4.69) is 5.32 Å². The Hall–Kier alpha value is -1.17. The van der Waals surface area contributed by atoms with Gasteiger partial charge in [0.05, 0.1) is 12.7 Å². The van der Waals surface area contributed by atoms with Gasteiger partial charge < -0.3 is 19.9 Å². The quantitative estimate of drug-likeness (QED) is 0.850. The fraction of sp³-hybridized carbons (Fsp3) is 0.571. The summed E-state index contributed by atoms with van der Waals surface area (Å²) in [5.74, 6) is 0.204. The first kappa shape index (κ1) is 14.2. The predicted molar refractivity (Wildman–Crippen MR) is 69.7 cm³/mol. The van der Waals surface area contributed by atoms with Crippen LogP contribution in [0.15, 0.2) is 18.2 Å². The first-order valence-electron chi connectivity index (χ1n) is 6.46. The molecule has 0 unspecified atom stereocenters. The average molecular weight is 269 g/mol. The smallest absolute Gasteiger partial charge is 0.131 e. The lowest BCUT2D eigenvalue weighted by Crippen LogP contribution is -2.44. The lowest BCUT2D eigenvalue weighted by atomic mass is 9.94. The number of benzene rings is 1. The van der Waals surface area contributed by atoms with Crippen LogP contribution in [0.3, 0.4) is 0 Å². The zero-order valence-electron chi connectivity index (χ0n) is 11.1. The highest BCUT2D eigenvalue weighted by Gasteiger charge is 2.29. The molecule has 1 aromatic rings. The van der Waals surface area contributed by atoms with E-state index in [0.717, 1.165) is 0 Å². The van der Waals surface area contributed by atoms with Crippen LogP contribution in [0.1, 0.15) is 18.4 Å². The van der Waals surface area contributed by atoms with Crippen LogP contribution in [0, 0.1) is 5.82 Å². The molecule has 1 aliphatic heterocycles. The molecule has 1 heterocycles. The second-order valence-corrected chi connectivity index (χ2v) is 4.90. The summed E-state index contributed by atoms with van der Waals surface area (Å²) in [4.78, 5) is 0. The number of rotatable bonds is 5. The molecule has 5 heteroatoms. The van der Waals surface area contributed by atoms with Gasteiger partial charge in [0.2, 0.25) is 0 Å². The molecular formula is C14H20FNO3. The Balaban J connectivity index is 1.85. The number of ether oxygens (including phenoxy) is 2. The van der Waals surface area contributed by atoms with Crippen molar-refractivity contribution < 1.29 is 19.0 Å². The van der Waals surface area contributed by atoms with Crippen LogP contribution in [-0.4, -0.2) is 37.6 Å². The molecule has 0 aromatic heterocycles. The van der Waals surface area contributed by atoms with Crippen LogP contribution < -0.4 is 10.1 Å². The summed E-state index contributed by atoms with van der Waals surface area (Å²) in [6, 6.07) is 4.78. The molecule has 1 saturated heterocycles. The number of nitrogens with one attached hydrogen (secondary N) is 1. The third-order valence-corrected chi connectivity index (χ3v) is 3.45. The molecule has 106 valence electrons. The molecule has 2 rings (SSSR count). The first-order chi connectivity index (χ1) is 9.13. The summed E-state index contributed by atoms with van der Waals surface area (Å²) in [5, 5.41) is 13.3. The molecular weight excluding hydrogens is 249 g/mol. The average Bonchev–Trinajstić information content (AvgIpc) is 2.41. The van der Waals surface area contributed by atoms with E-state index in [4.69, 9.17) is 9.47 Å². The largest absolute Gasteiger partial charge is 0.497 e. The molecule has 1 aliphatic rings. The molecule has 0 radical (unpaired) electrons. The fourth-order valence-electron chi connectivity index (χ4n) is 2.16. The minimum atomic E-state index is -0.735. The summed E-state index contributed by atoms with van der Waals surface area (Å²) < 4.78 is 23.9. The monoisotopic (exact) mass is 269 g/mol. The van der Waals surface area contributed by atoms with Gasteiger partial charge in [-0.15, -0.1) is 0 Å². The Morgan fingerprint density at radius 3 is 2.79 bits per heavy atom. The summed E-state index contributed by atoms with van der Waals surface area (Å²) in [6.45, 7) is 1.99. The Labute approximate surface area is 112 Å². The maximum absolute atomic E-state index is 13.7. The van der Waals surface area contributed by atoms with E-state index < -0.39 is 5.60 Å². The van der Waals surface area contributed by atoms with Gasteiger partial charge in [0.25, 0.3) is 0 Å². The topological polar surface area (TPSA) is 50.7 Å². The first-order valence-corrected chi connectivity index (χ1v) is 6.46. The van der Waals surface area contributed by atoms with Gasteiger partial charge in [-0.3, -0.25) is 0 Å². The standard InChI is InChI=1S/C14H20FNO3/c1-18-12-3-2-11(13(15)8-12)9-16-10-14(17)4-6-19-7-5-14/h2-3,8,16-17H,4-7,9-10H2,1H3. The van der Waals surface area contributed by atoms with Crippen molar-refractivity contribution >= 4 is 0 Å². The molecule has 0 saturated carbocycles. The summed E-state index contributed by atoms with van der Waals surface area (Å²) in [6.07, 6.45) is 1.23. The van der Waals surface area contributed by atoms with Gasteiger partial charge in [0, 0.05) is 50.8 Å². The van der Waals surface area contributed by atoms with Crippen LogP contribution in [0.25, 0.3) is 0 Å². The summed E-state index contributed by atoms with van der Waals surface area (Å²) in [7, 11) is 1.51. The maximum Gasteiger partial charge on any atom is 0.131 e.